The number of rotatable bonds is 5. The van der Waals surface area contributed by atoms with Crippen LogP contribution in [0.25, 0.3) is 0 Å². The van der Waals surface area contributed by atoms with Crippen molar-refractivity contribution in [2.45, 2.75) is 63.3 Å². The first-order valence-electron chi connectivity index (χ1n) is 11.3. The third kappa shape index (κ3) is 3.64. The first-order valence-corrected chi connectivity index (χ1v) is 11.3. The first kappa shape index (κ1) is 21.2. The normalized spacial score (nSPS) is 32.2. The first-order chi connectivity index (χ1) is 15.4. The highest BCUT2D eigenvalue weighted by molar-refractivity contribution is 6.23. The second kappa shape index (κ2) is 8.06. The fourth-order valence-electron chi connectivity index (χ4n) is 5.45. The maximum Gasteiger partial charge on any atom is 0.262 e. The predicted molar refractivity (Wildman–Crippen MR) is 113 cm³/mol. The molecule has 2 unspecified atom stereocenters. The largest absolute Gasteiger partial charge is 0.376 e. The van der Waals surface area contributed by atoms with Crippen LogP contribution in [-0.4, -0.2) is 59.9 Å². The third-order valence-corrected chi connectivity index (χ3v) is 7.34. The number of nitrogens with zero attached hydrogens (tertiary/aromatic N) is 1. The van der Waals surface area contributed by atoms with Gasteiger partial charge in [-0.1, -0.05) is 6.07 Å². The molecule has 9 heteroatoms. The molecule has 3 aliphatic heterocycles. The lowest BCUT2D eigenvalue weighted by Gasteiger charge is -2.51. The molecule has 1 aliphatic carbocycles. The minimum atomic E-state index is -0.940. The second-order valence-electron chi connectivity index (χ2n) is 9.52. The maximum atomic E-state index is 12.9. The summed E-state index contributed by atoms with van der Waals surface area (Å²) in [5.41, 5.74) is 7.50. The Balaban J connectivity index is 1.19. The molecule has 5 rings (SSSR count). The number of benzene rings is 1. The van der Waals surface area contributed by atoms with Crippen molar-refractivity contribution in [3.63, 3.8) is 0 Å². The molecule has 1 aromatic rings. The number of ether oxygens (including phenoxy) is 1. The van der Waals surface area contributed by atoms with Crippen molar-refractivity contribution in [3.8, 4) is 0 Å². The number of fused-ring (bicyclic) bond motifs is 1. The summed E-state index contributed by atoms with van der Waals surface area (Å²) in [6.45, 7) is 1.96. The van der Waals surface area contributed by atoms with Gasteiger partial charge in [-0.2, -0.15) is 0 Å². The van der Waals surface area contributed by atoms with Gasteiger partial charge in [0, 0.05) is 25.6 Å². The van der Waals surface area contributed by atoms with Crippen LogP contribution in [0.5, 0.6) is 0 Å². The molecule has 32 heavy (non-hydrogen) atoms. The van der Waals surface area contributed by atoms with Crippen molar-refractivity contribution in [2.24, 2.45) is 11.1 Å². The second-order valence-corrected chi connectivity index (χ2v) is 9.52. The van der Waals surface area contributed by atoms with Crippen LogP contribution in [0.2, 0.25) is 0 Å². The molecule has 4 N–H and O–H groups in total. The molecule has 4 amide bonds. The molecule has 9 nitrogen and oxygen atoms in total. The Kier molecular flexibility index (Phi) is 5.35. The summed E-state index contributed by atoms with van der Waals surface area (Å²) in [7, 11) is 0. The van der Waals surface area contributed by atoms with E-state index in [1.54, 1.807) is 12.1 Å². The van der Waals surface area contributed by atoms with Crippen LogP contribution in [-0.2, 0) is 20.9 Å². The van der Waals surface area contributed by atoms with Crippen molar-refractivity contribution in [3.05, 3.63) is 34.9 Å². The van der Waals surface area contributed by atoms with Gasteiger partial charge in [0.1, 0.15) is 6.04 Å². The fraction of sp³-hybridized carbons (Fsp3) is 0.565. The summed E-state index contributed by atoms with van der Waals surface area (Å²) in [6, 6.07) is 4.69. The van der Waals surface area contributed by atoms with Gasteiger partial charge >= 0.3 is 0 Å². The van der Waals surface area contributed by atoms with E-state index in [1.807, 2.05) is 6.07 Å². The summed E-state index contributed by atoms with van der Waals surface area (Å²) in [6.07, 6.45) is 4.76. The quantitative estimate of drug-likeness (QED) is 0.567. The summed E-state index contributed by atoms with van der Waals surface area (Å²) in [4.78, 5) is 50.3. The van der Waals surface area contributed by atoms with Crippen LogP contribution < -0.4 is 16.4 Å². The number of piperidine rings is 1. The minimum absolute atomic E-state index is 0.111. The number of imide groups is 2. The van der Waals surface area contributed by atoms with Gasteiger partial charge in [-0.15, -0.1) is 0 Å². The molecule has 3 heterocycles. The van der Waals surface area contributed by atoms with Crippen LogP contribution in [0.3, 0.4) is 0 Å². The van der Waals surface area contributed by atoms with Crippen molar-refractivity contribution in [1.82, 2.24) is 15.5 Å². The smallest absolute Gasteiger partial charge is 0.262 e. The lowest BCUT2D eigenvalue weighted by Crippen LogP contribution is -2.54. The summed E-state index contributed by atoms with van der Waals surface area (Å²) in [5, 5.41) is 5.76. The van der Waals surface area contributed by atoms with Gasteiger partial charge in [-0.3, -0.25) is 29.4 Å². The van der Waals surface area contributed by atoms with Gasteiger partial charge in [-0.05, 0) is 55.2 Å². The Morgan fingerprint density at radius 2 is 1.91 bits per heavy atom. The summed E-state index contributed by atoms with van der Waals surface area (Å²) < 4.78 is 5.87. The van der Waals surface area contributed by atoms with Crippen molar-refractivity contribution in [2.75, 3.05) is 13.2 Å². The molecular weight excluding hydrogens is 412 g/mol. The van der Waals surface area contributed by atoms with Gasteiger partial charge < -0.3 is 15.8 Å². The Bertz CT molecular complexity index is 977. The highest BCUT2D eigenvalue weighted by Crippen LogP contribution is 2.48. The monoisotopic (exact) mass is 440 g/mol. The topological polar surface area (TPSA) is 131 Å². The lowest BCUT2D eigenvalue weighted by atomic mass is 9.62. The SMILES string of the molecule is NCC1CCC2(CO1)CC(NCc1ccc3c(c1)C(=O)N(C1CCC(=O)NC1=O)C3=O)C2. The molecule has 2 atom stereocenters. The molecule has 3 fully saturated rings. The van der Waals surface area contributed by atoms with Gasteiger partial charge in [0.05, 0.1) is 23.8 Å². The fourth-order valence-corrected chi connectivity index (χ4v) is 5.45. The van der Waals surface area contributed by atoms with E-state index >= 15 is 0 Å². The van der Waals surface area contributed by atoms with Crippen LogP contribution in [0.1, 0.15) is 64.8 Å². The molecule has 170 valence electrons. The highest BCUT2D eigenvalue weighted by Gasteiger charge is 2.47. The zero-order chi connectivity index (χ0) is 22.5. The predicted octanol–water partition coefficient (Wildman–Crippen LogP) is 0.464. The van der Waals surface area contributed by atoms with Crippen molar-refractivity contribution >= 4 is 23.6 Å². The van der Waals surface area contributed by atoms with E-state index in [9.17, 15) is 19.2 Å². The Morgan fingerprint density at radius 1 is 1.12 bits per heavy atom. The summed E-state index contributed by atoms with van der Waals surface area (Å²) in [5.74, 6) is -1.93. The zero-order valence-electron chi connectivity index (χ0n) is 17.9. The highest BCUT2D eigenvalue weighted by atomic mass is 16.5. The number of carbonyl (C=O) groups is 4. The van der Waals surface area contributed by atoms with Crippen LogP contribution in [0, 0.1) is 5.41 Å². The number of carbonyl (C=O) groups excluding carboxylic acids is 4. The van der Waals surface area contributed by atoms with Crippen LogP contribution in [0.15, 0.2) is 18.2 Å². The minimum Gasteiger partial charge on any atom is -0.376 e. The Hall–Kier alpha value is -2.62. The molecule has 4 aliphatic rings. The van der Waals surface area contributed by atoms with E-state index in [2.05, 4.69) is 10.6 Å². The standard InChI is InChI=1S/C23H28N4O5/c24-10-15-5-6-23(12-32-15)8-14(9-23)25-11-13-1-2-16-17(7-13)22(31)27(21(16)30)18-3-4-19(28)26-20(18)29/h1-2,7,14-15,18,25H,3-6,8-12,24H2,(H,26,28,29). The number of hydrogen-bond donors (Lipinski definition) is 3. The Labute approximate surface area is 186 Å². The average Bonchev–Trinajstić information content (AvgIpc) is 3.01. The molecule has 0 radical (unpaired) electrons. The van der Waals surface area contributed by atoms with Gasteiger partial charge in [0.2, 0.25) is 11.8 Å². The van der Waals surface area contributed by atoms with E-state index < -0.39 is 23.8 Å². The van der Waals surface area contributed by atoms with Crippen molar-refractivity contribution < 1.29 is 23.9 Å². The average molecular weight is 441 g/mol. The molecule has 1 aromatic carbocycles. The summed E-state index contributed by atoms with van der Waals surface area (Å²) >= 11 is 0. The van der Waals surface area contributed by atoms with Gasteiger partial charge in [0.25, 0.3) is 11.8 Å². The molecule has 0 bridgehead atoms. The number of hydrogen-bond acceptors (Lipinski definition) is 7. The number of amides is 4. The van der Waals surface area contributed by atoms with Crippen LogP contribution in [0.4, 0.5) is 0 Å². The van der Waals surface area contributed by atoms with E-state index in [0.29, 0.717) is 30.3 Å². The molecule has 2 saturated heterocycles. The molecule has 1 saturated carbocycles. The number of nitrogens with two attached hydrogens (primary N) is 1. The lowest BCUT2D eigenvalue weighted by molar-refractivity contribution is -0.136. The van der Waals surface area contributed by atoms with Gasteiger partial charge in [0.15, 0.2) is 0 Å². The van der Waals surface area contributed by atoms with Gasteiger partial charge in [-0.25, -0.2) is 0 Å². The van der Waals surface area contributed by atoms with E-state index in [4.69, 9.17) is 10.5 Å². The van der Waals surface area contributed by atoms with Crippen molar-refractivity contribution in [1.29, 1.82) is 0 Å². The maximum absolute atomic E-state index is 12.9. The third-order valence-electron chi connectivity index (χ3n) is 7.34. The zero-order valence-corrected chi connectivity index (χ0v) is 17.9. The Morgan fingerprint density at radius 3 is 2.59 bits per heavy atom. The molecular formula is C23H28N4O5. The molecule has 1 spiro atoms. The number of nitrogens with one attached hydrogen (secondary N) is 2. The molecule has 0 aromatic heterocycles. The van der Waals surface area contributed by atoms with E-state index in [-0.39, 0.29) is 30.3 Å². The van der Waals surface area contributed by atoms with E-state index in [1.165, 1.54) is 0 Å². The van der Waals surface area contributed by atoms with Crippen LogP contribution >= 0.6 is 0 Å². The van der Waals surface area contributed by atoms with E-state index in [0.717, 1.165) is 42.8 Å².